The maximum Gasteiger partial charge on any atom is 0.336 e. The number of carbonyl (C=O) groups is 2. The van der Waals surface area contributed by atoms with E-state index in [-0.39, 0.29) is 18.1 Å². The molecule has 0 saturated heterocycles. The van der Waals surface area contributed by atoms with Gasteiger partial charge in [0.2, 0.25) is 12.0 Å². The Morgan fingerprint density at radius 2 is 1.64 bits per heavy atom. The van der Waals surface area contributed by atoms with E-state index in [0.717, 1.165) is 12.2 Å². The highest BCUT2D eigenvalue weighted by Gasteiger charge is 2.29. The van der Waals surface area contributed by atoms with Crippen LogP contribution in [0.2, 0.25) is 0 Å². The summed E-state index contributed by atoms with van der Waals surface area (Å²) in [5.41, 5.74) is 0.627. The average molecular weight is 375 g/mol. The van der Waals surface area contributed by atoms with E-state index in [4.69, 9.17) is 20.6 Å². The molecule has 0 fully saturated rings. The smallest absolute Gasteiger partial charge is 0.336 e. The lowest BCUT2D eigenvalue weighted by Crippen LogP contribution is -2.38. The van der Waals surface area contributed by atoms with Crippen LogP contribution < -0.4 is 10.1 Å². The van der Waals surface area contributed by atoms with Crippen molar-refractivity contribution in [3.63, 3.8) is 0 Å². The molecule has 0 aromatic heterocycles. The van der Waals surface area contributed by atoms with Gasteiger partial charge in [0.25, 0.3) is 0 Å². The number of ether oxygens (including phenoxy) is 3. The van der Waals surface area contributed by atoms with E-state index in [9.17, 15) is 9.59 Å². The molecule has 140 valence electrons. The molecule has 0 saturated carbocycles. The Hall–Kier alpha value is -3.82. The molecule has 1 atom stereocenters. The number of cyclic esters (lactones) is 2. The third-order valence-electron chi connectivity index (χ3n) is 3.65. The second-order valence-electron chi connectivity index (χ2n) is 5.63. The first-order valence-electron chi connectivity index (χ1n) is 8.47. The number of esters is 2. The lowest BCUT2D eigenvalue weighted by Gasteiger charge is -2.24. The summed E-state index contributed by atoms with van der Waals surface area (Å²) >= 11 is 0. The predicted octanol–water partition coefficient (Wildman–Crippen LogP) is 2.64. The lowest BCUT2D eigenvalue weighted by molar-refractivity contribution is -0.150. The van der Waals surface area contributed by atoms with Crippen molar-refractivity contribution in [2.24, 2.45) is 0 Å². The molecule has 2 aromatic rings. The largest absolute Gasteiger partial charge is 0.453 e. The van der Waals surface area contributed by atoms with Crippen LogP contribution in [0.5, 0.6) is 5.75 Å². The van der Waals surface area contributed by atoms with Crippen molar-refractivity contribution >= 4 is 17.7 Å². The zero-order valence-corrected chi connectivity index (χ0v) is 14.8. The number of rotatable bonds is 5. The maximum absolute atomic E-state index is 12.1. The second-order valence-corrected chi connectivity index (χ2v) is 5.63. The Balaban J connectivity index is 2.13. The van der Waals surface area contributed by atoms with Crippen LogP contribution in [0.3, 0.4) is 0 Å². The summed E-state index contributed by atoms with van der Waals surface area (Å²) < 4.78 is 16.8. The zero-order valence-electron chi connectivity index (χ0n) is 14.8. The fourth-order valence-corrected chi connectivity index (χ4v) is 2.44. The van der Waals surface area contributed by atoms with Gasteiger partial charge in [0, 0.05) is 17.7 Å². The van der Waals surface area contributed by atoms with Crippen molar-refractivity contribution in [3.05, 3.63) is 84.1 Å². The molecule has 0 aliphatic carbocycles. The van der Waals surface area contributed by atoms with E-state index in [1.54, 1.807) is 24.3 Å². The molecule has 6 heteroatoms. The van der Waals surface area contributed by atoms with Gasteiger partial charge in [-0.1, -0.05) is 54.5 Å². The Morgan fingerprint density at radius 1 is 1.00 bits per heavy atom. The molecular formula is C22H17NO5. The summed E-state index contributed by atoms with van der Waals surface area (Å²) in [5.74, 6) is 1.69. The fraction of sp³-hybridized carbons (Fsp3) is 0.0909. The minimum Gasteiger partial charge on any atom is -0.453 e. The quantitative estimate of drug-likeness (QED) is 0.492. The second kappa shape index (κ2) is 9.21. The zero-order chi connectivity index (χ0) is 19.8. The van der Waals surface area contributed by atoms with Gasteiger partial charge in [-0.05, 0) is 12.1 Å². The van der Waals surface area contributed by atoms with E-state index < -0.39 is 18.2 Å². The Labute approximate surface area is 162 Å². The Bertz CT molecular complexity index is 942. The molecule has 0 bridgehead atoms. The van der Waals surface area contributed by atoms with Crippen LogP contribution in [0.1, 0.15) is 5.56 Å². The number of terminal acetylenes is 1. The summed E-state index contributed by atoms with van der Waals surface area (Å²) in [6, 6.07) is 18.0. The van der Waals surface area contributed by atoms with E-state index in [1.807, 2.05) is 36.4 Å². The van der Waals surface area contributed by atoms with E-state index >= 15 is 0 Å². The number of nitrogens with one attached hydrogen (secondary N) is 1. The van der Waals surface area contributed by atoms with Crippen LogP contribution in [0, 0.1) is 12.3 Å². The van der Waals surface area contributed by atoms with Crippen molar-refractivity contribution in [1.82, 2.24) is 5.32 Å². The summed E-state index contributed by atoms with van der Waals surface area (Å²) in [6.07, 6.45) is 6.18. The fourth-order valence-electron chi connectivity index (χ4n) is 2.44. The number of hydrogen-bond acceptors (Lipinski definition) is 6. The van der Waals surface area contributed by atoms with Crippen LogP contribution in [0.4, 0.5) is 0 Å². The molecule has 1 aliphatic heterocycles. The third-order valence-corrected chi connectivity index (χ3v) is 3.65. The van der Waals surface area contributed by atoms with Gasteiger partial charge in [0.15, 0.2) is 5.76 Å². The van der Waals surface area contributed by atoms with Gasteiger partial charge in [0.05, 0.1) is 6.54 Å². The summed E-state index contributed by atoms with van der Waals surface area (Å²) in [4.78, 5) is 24.1. The molecule has 2 aromatic carbocycles. The van der Waals surface area contributed by atoms with Crippen LogP contribution in [-0.4, -0.2) is 24.7 Å². The highest BCUT2D eigenvalue weighted by atomic mass is 16.6. The molecule has 1 unspecified atom stereocenters. The van der Waals surface area contributed by atoms with Crippen LogP contribution in [0.25, 0.3) is 5.76 Å². The average Bonchev–Trinajstić information content (AvgIpc) is 2.72. The summed E-state index contributed by atoms with van der Waals surface area (Å²) in [6.45, 7) is 0.0795. The number of carbonyl (C=O) groups excluding carboxylic acids is 2. The van der Waals surface area contributed by atoms with Gasteiger partial charge >= 0.3 is 11.9 Å². The van der Waals surface area contributed by atoms with Gasteiger partial charge in [0.1, 0.15) is 5.75 Å². The maximum atomic E-state index is 12.1. The molecule has 28 heavy (non-hydrogen) atoms. The van der Waals surface area contributed by atoms with E-state index in [1.165, 1.54) is 0 Å². The van der Waals surface area contributed by atoms with Crippen molar-refractivity contribution < 1.29 is 23.8 Å². The molecule has 1 aliphatic rings. The topological polar surface area (TPSA) is 73.9 Å². The molecule has 1 heterocycles. The van der Waals surface area contributed by atoms with E-state index in [2.05, 4.69) is 11.2 Å². The number of para-hydroxylation sites is 1. The number of benzene rings is 2. The summed E-state index contributed by atoms with van der Waals surface area (Å²) in [5, 5.41) is 2.85. The van der Waals surface area contributed by atoms with E-state index in [0.29, 0.717) is 11.3 Å². The summed E-state index contributed by atoms with van der Waals surface area (Å²) in [7, 11) is 0. The molecular weight excluding hydrogens is 358 g/mol. The van der Waals surface area contributed by atoms with Gasteiger partial charge in [-0.15, -0.1) is 6.42 Å². The SMILES string of the molecule is C#CCNC1OC(=O)/C=C/C(=O)O/C1=C(\Oc1ccccc1)c1ccccc1. The van der Waals surface area contributed by atoms with Gasteiger partial charge in [-0.2, -0.15) is 0 Å². The third kappa shape index (κ3) is 4.87. The van der Waals surface area contributed by atoms with Crippen LogP contribution in [-0.2, 0) is 19.1 Å². The molecule has 6 nitrogen and oxygen atoms in total. The van der Waals surface area contributed by atoms with Crippen LogP contribution >= 0.6 is 0 Å². The predicted molar refractivity (Wildman–Crippen MR) is 102 cm³/mol. The van der Waals surface area contributed by atoms with Gasteiger partial charge in [-0.25, -0.2) is 9.59 Å². The molecule has 0 spiro atoms. The minimum atomic E-state index is -1.11. The number of hydrogen-bond donors (Lipinski definition) is 1. The van der Waals surface area contributed by atoms with Gasteiger partial charge in [-0.3, -0.25) is 5.32 Å². The van der Waals surface area contributed by atoms with Crippen molar-refractivity contribution in [1.29, 1.82) is 0 Å². The Kier molecular flexibility index (Phi) is 6.24. The Morgan fingerprint density at radius 3 is 2.32 bits per heavy atom. The normalized spacial score (nSPS) is 19.3. The highest BCUT2D eigenvalue weighted by Crippen LogP contribution is 2.27. The van der Waals surface area contributed by atoms with Crippen molar-refractivity contribution in [2.45, 2.75) is 6.23 Å². The van der Waals surface area contributed by atoms with Crippen molar-refractivity contribution in [2.75, 3.05) is 6.54 Å². The molecule has 3 rings (SSSR count). The monoisotopic (exact) mass is 375 g/mol. The standard InChI is InChI=1S/C22H17NO5/c1-2-15-23-22-21(27-18(24)13-14-19(25)28-22)20(16-9-5-3-6-10-16)26-17-11-7-4-8-12-17/h1,3-14,22-23H,15H2/b14-13+,21-20-. The highest BCUT2D eigenvalue weighted by molar-refractivity contribution is 5.93. The molecule has 0 radical (unpaired) electrons. The molecule has 0 amide bonds. The van der Waals surface area contributed by atoms with Crippen molar-refractivity contribution in [3.8, 4) is 18.1 Å². The lowest BCUT2D eigenvalue weighted by atomic mass is 10.1. The van der Waals surface area contributed by atoms with Crippen LogP contribution in [0.15, 0.2) is 78.6 Å². The molecule has 1 N–H and O–H groups in total. The minimum absolute atomic E-state index is 0.00648. The first-order chi connectivity index (χ1) is 13.7. The first-order valence-corrected chi connectivity index (χ1v) is 8.47. The first kappa shape index (κ1) is 19.0. The van der Waals surface area contributed by atoms with Gasteiger partial charge < -0.3 is 14.2 Å².